The third-order valence-electron chi connectivity index (χ3n) is 4.41. The number of hydrogen-bond acceptors (Lipinski definition) is 3. The van der Waals surface area contributed by atoms with Gasteiger partial charge in [0.2, 0.25) is 5.91 Å². The molecule has 1 saturated heterocycles. The van der Waals surface area contributed by atoms with Crippen LogP contribution in [0.5, 0.6) is 0 Å². The van der Waals surface area contributed by atoms with Gasteiger partial charge in [-0.15, -0.1) is 0 Å². The molecule has 0 aromatic heterocycles. The van der Waals surface area contributed by atoms with E-state index < -0.39 is 0 Å². The van der Waals surface area contributed by atoms with Crippen LogP contribution in [0.25, 0.3) is 0 Å². The molecule has 0 saturated carbocycles. The highest BCUT2D eigenvalue weighted by molar-refractivity contribution is 5.76. The average Bonchev–Trinajstić information content (AvgIpc) is 2.54. The molecular weight excluding hydrogens is 292 g/mol. The van der Waals surface area contributed by atoms with Crippen LogP contribution >= 0.6 is 0 Å². The Bertz CT molecular complexity index is 563. The van der Waals surface area contributed by atoms with Gasteiger partial charge in [-0.3, -0.25) is 4.79 Å². The number of likely N-dealkylation sites (tertiary alicyclic amines) is 1. The first-order valence-electron chi connectivity index (χ1n) is 8.18. The van der Waals surface area contributed by atoms with Gasteiger partial charge in [0.25, 0.3) is 0 Å². The topological polar surface area (TPSA) is 58.6 Å². The summed E-state index contributed by atoms with van der Waals surface area (Å²) < 4.78 is 4.71. The summed E-state index contributed by atoms with van der Waals surface area (Å²) in [5.41, 5.74) is 3.71. The highest BCUT2D eigenvalue weighted by atomic mass is 16.5. The van der Waals surface area contributed by atoms with Crippen molar-refractivity contribution >= 4 is 12.0 Å². The second-order valence-electron chi connectivity index (χ2n) is 6.23. The Labute approximate surface area is 138 Å². The van der Waals surface area contributed by atoms with Crippen LogP contribution in [0.1, 0.15) is 36.0 Å². The van der Waals surface area contributed by atoms with Crippen LogP contribution in [0, 0.1) is 13.8 Å². The summed E-state index contributed by atoms with van der Waals surface area (Å²) in [5, 5.41) is 3.08. The van der Waals surface area contributed by atoms with Crippen molar-refractivity contribution in [1.82, 2.24) is 10.2 Å². The Morgan fingerprint density at radius 3 is 2.57 bits per heavy atom. The van der Waals surface area contributed by atoms with E-state index in [4.69, 9.17) is 4.74 Å². The van der Waals surface area contributed by atoms with E-state index in [9.17, 15) is 9.59 Å². The molecule has 5 nitrogen and oxygen atoms in total. The number of carbonyl (C=O) groups excluding carboxylic acids is 2. The molecule has 23 heavy (non-hydrogen) atoms. The van der Waals surface area contributed by atoms with Crippen molar-refractivity contribution in [3.05, 3.63) is 34.9 Å². The van der Waals surface area contributed by atoms with Crippen LogP contribution in [0.4, 0.5) is 4.79 Å². The minimum absolute atomic E-state index is 0.0847. The molecule has 0 radical (unpaired) electrons. The largest absolute Gasteiger partial charge is 0.453 e. The van der Waals surface area contributed by atoms with Crippen molar-refractivity contribution in [2.75, 3.05) is 20.2 Å². The minimum atomic E-state index is -0.287. The number of nitrogens with zero attached hydrogens (tertiary/aromatic N) is 1. The van der Waals surface area contributed by atoms with Gasteiger partial charge in [0.05, 0.1) is 7.11 Å². The summed E-state index contributed by atoms with van der Waals surface area (Å²) in [6, 6.07) is 6.49. The number of hydrogen-bond donors (Lipinski definition) is 1. The van der Waals surface area contributed by atoms with Crippen molar-refractivity contribution in [1.29, 1.82) is 0 Å². The van der Waals surface area contributed by atoms with Crippen LogP contribution in [0.15, 0.2) is 18.2 Å². The van der Waals surface area contributed by atoms with Gasteiger partial charge in [-0.1, -0.05) is 23.8 Å². The maximum absolute atomic E-state index is 12.1. The molecule has 1 aliphatic heterocycles. The van der Waals surface area contributed by atoms with Gasteiger partial charge in [-0.2, -0.15) is 0 Å². The quantitative estimate of drug-likeness (QED) is 0.928. The van der Waals surface area contributed by atoms with Crippen molar-refractivity contribution < 1.29 is 14.3 Å². The van der Waals surface area contributed by atoms with Gasteiger partial charge in [-0.25, -0.2) is 4.79 Å². The molecule has 126 valence electrons. The van der Waals surface area contributed by atoms with Crippen molar-refractivity contribution in [3.63, 3.8) is 0 Å². The molecule has 0 bridgehead atoms. The fourth-order valence-electron chi connectivity index (χ4n) is 3.01. The van der Waals surface area contributed by atoms with Gasteiger partial charge >= 0.3 is 6.09 Å². The number of nitrogens with one attached hydrogen (secondary N) is 1. The first-order valence-corrected chi connectivity index (χ1v) is 8.18. The second-order valence-corrected chi connectivity index (χ2v) is 6.23. The fourth-order valence-corrected chi connectivity index (χ4v) is 3.01. The van der Waals surface area contributed by atoms with Gasteiger partial charge in [0.1, 0.15) is 0 Å². The summed E-state index contributed by atoms with van der Waals surface area (Å²) in [6.45, 7) is 5.43. The number of amides is 2. The van der Waals surface area contributed by atoms with Crippen LogP contribution in [0.3, 0.4) is 0 Å². The first-order chi connectivity index (χ1) is 11.0. The summed E-state index contributed by atoms with van der Waals surface area (Å²) in [7, 11) is 1.39. The minimum Gasteiger partial charge on any atom is -0.453 e. The van der Waals surface area contributed by atoms with Gasteiger partial charge in [0, 0.05) is 25.6 Å². The molecule has 5 heteroatoms. The van der Waals surface area contributed by atoms with E-state index in [1.807, 2.05) is 0 Å². The number of carbonyl (C=O) groups is 2. The Hall–Kier alpha value is -2.04. The first kappa shape index (κ1) is 17.3. The van der Waals surface area contributed by atoms with Gasteiger partial charge < -0.3 is 15.0 Å². The highest BCUT2D eigenvalue weighted by Crippen LogP contribution is 2.14. The van der Waals surface area contributed by atoms with Crippen LogP contribution < -0.4 is 5.32 Å². The number of methoxy groups -OCH3 is 1. The number of rotatable bonds is 4. The lowest BCUT2D eigenvalue weighted by Crippen LogP contribution is -2.46. The van der Waals surface area contributed by atoms with E-state index in [0.29, 0.717) is 19.5 Å². The average molecular weight is 318 g/mol. The number of piperidine rings is 1. The number of ether oxygens (including phenoxy) is 1. The lowest BCUT2D eigenvalue weighted by molar-refractivity contribution is -0.122. The van der Waals surface area contributed by atoms with Crippen molar-refractivity contribution in [2.45, 2.75) is 45.6 Å². The predicted molar refractivity (Wildman–Crippen MR) is 89.4 cm³/mol. The molecule has 1 aromatic rings. The van der Waals surface area contributed by atoms with Crippen molar-refractivity contribution in [3.8, 4) is 0 Å². The second kappa shape index (κ2) is 7.99. The molecule has 2 rings (SSSR count). The Morgan fingerprint density at radius 2 is 1.96 bits per heavy atom. The van der Waals surface area contributed by atoms with Gasteiger partial charge in [0.15, 0.2) is 0 Å². The summed E-state index contributed by atoms with van der Waals surface area (Å²) in [5.74, 6) is 0.0847. The summed E-state index contributed by atoms with van der Waals surface area (Å²) >= 11 is 0. The monoisotopic (exact) mass is 318 g/mol. The smallest absolute Gasteiger partial charge is 0.409 e. The zero-order valence-electron chi connectivity index (χ0n) is 14.2. The standard InChI is InChI=1S/C18H26N2O3/c1-13-4-5-15(14(2)12-13)6-7-17(21)19-16-8-10-20(11-9-16)18(22)23-3/h4-5,12,16H,6-11H2,1-3H3,(H,19,21). The lowest BCUT2D eigenvalue weighted by atomic mass is 10.0. The lowest BCUT2D eigenvalue weighted by Gasteiger charge is -2.31. The van der Waals surface area contributed by atoms with Crippen LogP contribution in [-0.4, -0.2) is 43.1 Å². The summed E-state index contributed by atoms with van der Waals surface area (Å²) in [4.78, 5) is 25.2. The third-order valence-corrected chi connectivity index (χ3v) is 4.41. The molecule has 1 aromatic carbocycles. The molecule has 1 aliphatic rings. The van der Waals surface area contributed by atoms with Crippen molar-refractivity contribution in [2.24, 2.45) is 0 Å². The summed E-state index contributed by atoms with van der Waals surface area (Å²) in [6.07, 6.45) is 2.54. The zero-order valence-corrected chi connectivity index (χ0v) is 14.2. The SMILES string of the molecule is COC(=O)N1CCC(NC(=O)CCc2ccc(C)cc2C)CC1. The number of benzene rings is 1. The molecule has 1 fully saturated rings. The molecule has 0 aliphatic carbocycles. The predicted octanol–water partition coefficient (Wildman–Crippen LogP) is 2.58. The van der Waals surface area contributed by atoms with Gasteiger partial charge in [-0.05, 0) is 44.2 Å². The Kier molecular flexibility index (Phi) is 6.02. The van der Waals surface area contributed by atoms with E-state index in [2.05, 4.69) is 37.4 Å². The number of aryl methyl sites for hydroxylation is 3. The molecular formula is C18H26N2O3. The Balaban J connectivity index is 1.74. The Morgan fingerprint density at radius 1 is 1.26 bits per heavy atom. The maximum Gasteiger partial charge on any atom is 0.409 e. The fraction of sp³-hybridized carbons (Fsp3) is 0.556. The molecule has 0 spiro atoms. The van der Waals surface area contributed by atoms with E-state index >= 15 is 0 Å². The van der Waals surface area contributed by atoms with Crippen LogP contribution in [-0.2, 0) is 16.0 Å². The molecule has 1 heterocycles. The van der Waals surface area contributed by atoms with E-state index in [1.165, 1.54) is 23.8 Å². The maximum atomic E-state index is 12.1. The molecule has 0 atom stereocenters. The molecule has 0 unspecified atom stereocenters. The normalized spacial score (nSPS) is 15.3. The highest BCUT2D eigenvalue weighted by Gasteiger charge is 2.24. The van der Waals surface area contributed by atoms with Crippen LogP contribution in [0.2, 0.25) is 0 Å². The van der Waals surface area contributed by atoms with E-state index in [0.717, 1.165) is 19.3 Å². The van der Waals surface area contributed by atoms with E-state index in [-0.39, 0.29) is 18.0 Å². The molecule has 1 N–H and O–H groups in total. The third kappa shape index (κ3) is 4.98. The zero-order chi connectivity index (χ0) is 16.8. The molecule has 2 amide bonds. The van der Waals surface area contributed by atoms with E-state index in [1.54, 1.807) is 4.90 Å².